The van der Waals surface area contributed by atoms with Gasteiger partial charge in [-0.1, -0.05) is 12.1 Å². The number of carbonyl (C=O) groups is 1. The highest BCUT2D eigenvalue weighted by Gasteiger charge is 2.46. The molecule has 0 bridgehead atoms. The molecule has 0 amide bonds. The van der Waals surface area contributed by atoms with Crippen molar-refractivity contribution in [2.75, 3.05) is 6.61 Å². The van der Waals surface area contributed by atoms with Crippen LogP contribution in [0.4, 0.5) is 4.39 Å². The molecule has 2 aromatic rings. The maximum absolute atomic E-state index is 14.5. The standard InChI is InChI=1S/C21H26BrFN2O3S/c1-6-28-18(26)13-21(25-29(27)20(3,4)5,19-16(22)8-7-11-24-19)15-10-9-14(2)17(23)12-15/h7-12,25H,6,13H2,1-5H3/t21-,29+/m0/s1. The molecule has 5 nitrogen and oxygen atoms in total. The number of aromatic nitrogens is 1. The number of hydrogen-bond donors (Lipinski definition) is 1. The molecule has 1 aromatic heterocycles. The van der Waals surface area contributed by atoms with E-state index >= 15 is 0 Å². The van der Waals surface area contributed by atoms with Gasteiger partial charge in [-0.2, -0.15) is 0 Å². The number of carbonyl (C=O) groups excluding carboxylic acids is 1. The molecule has 0 aliphatic carbocycles. The van der Waals surface area contributed by atoms with E-state index in [4.69, 9.17) is 4.74 Å². The molecule has 1 aromatic carbocycles. The molecule has 0 saturated carbocycles. The van der Waals surface area contributed by atoms with E-state index < -0.39 is 33.4 Å². The van der Waals surface area contributed by atoms with E-state index in [0.29, 0.717) is 21.3 Å². The fraction of sp³-hybridized carbons (Fsp3) is 0.429. The van der Waals surface area contributed by atoms with Crippen LogP contribution in [0.3, 0.4) is 0 Å². The summed E-state index contributed by atoms with van der Waals surface area (Å²) in [5, 5.41) is 0. The highest BCUT2D eigenvalue weighted by Crippen LogP contribution is 2.39. The Morgan fingerprint density at radius 2 is 2.03 bits per heavy atom. The number of nitrogens with one attached hydrogen (secondary N) is 1. The molecule has 0 aliphatic heterocycles. The van der Waals surface area contributed by atoms with E-state index in [9.17, 15) is 13.7 Å². The van der Waals surface area contributed by atoms with Gasteiger partial charge in [-0.05, 0) is 79.9 Å². The number of benzene rings is 1. The minimum Gasteiger partial charge on any atom is -0.598 e. The summed E-state index contributed by atoms with van der Waals surface area (Å²) in [5.41, 5.74) is -0.0330. The molecule has 2 rings (SSSR count). The lowest BCUT2D eigenvalue weighted by molar-refractivity contribution is -0.144. The summed E-state index contributed by atoms with van der Waals surface area (Å²) >= 11 is 1.90. The van der Waals surface area contributed by atoms with Crippen LogP contribution in [0.2, 0.25) is 0 Å². The van der Waals surface area contributed by atoms with Gasteiger partial charge in [0, 0.05) is 22.0 Å². The second kappa shape index (κ2) is 9.55. The Morgan fingerprint density at radius 3 is 2.59 bits per heavy atom. The molecule has 158 valence electrons. The van der Waals surface area contributed by atoms with Gasteiger partial charge in [-0.15, -0.1) is 4.72 Å². The molecule has 29 heavy (non-hydrogen) atoms. The Labute approximate surface area is 182 Å². The number of pyridine rings is 1. The smallest absolute Gasteiger partial charge is 0.308 e. The average Bonchev–Trinajstić information content (AvgIpc) is 2.63. The van der Waals surface area contributed by atoms with Crippen LogP contribution in [0.15, 0.2) is 41.0 Å². The first-order valence-corrected chi connectivity index (χ1v) is 11.2. The number of aryl methyl sites for hydroxylation is 1. The van der Waals surface area contributed by atoms with Gasteiger partial charge >= 0.3 is 5.97 Å². The molecule has 0 saturated heterocycles. The fourth-order valence-electron chi connectivity index (χ4n) is 2.76. The summed E-state index contributed by atoms with van der Waals surface area (Å²) in [6, 6.07) is 8.20. The number of hydrogen-bond acceptors (Lipinski definition) is 5. The normalized spacial score (nSPS) is 14.9. The molecule has 0 unspecified atom stereocenters. The van der Waals surface area contributed by atoms with E-state index in [1.807, 2.05) is 20.8 Å². The van der Waals surface area contributed by atoms with Gasteiger partial charge in [-0.25, -0.2) is 4.39 Å². The van der Waals surface area contributed by atoms with Crippen molar-refractivity contribution >= 4 is 33.3 Å². The van der Waals surface area contributed by atoms with Gasteiger partial charge < -0.3 is 9.29 Å². The maximum atomic E-state index is 14.5. The zero-order valence-electron chi connectivity index (χ0n) is 17.2. The summed E-state index contributed by atoms with van der Waals surface area (Å²) in [6.07, 6.45) is 1.37. The zero-order valence-corrected chi connectivity index (χ0v) is 19.6. The van der Waals surface area contributed by atoms with E-state index in [0.717, 1.165) is 0 Å². The third-order valence-corrected chi connectivity index (χ3v) is 6.65. The van der Waals surface area contributed by atoms with Crippen LogP contribution >= 0.6 is 15.9 Å². The summed E-state index contributed by atoms with van der Waals surface area (Å²) < 4.78 is 35.9. The number of esters is 1. The second-order valence-electron chi connectivity index (χ2n) is 7.67. The molecular weight excluding hydrogens is 459 g/mol. The van der Waals surface area contributed by atoms with Gasteiger partial charge in [-0.3, -0.25) is 9.78 Å². The largest absolute Gasteiger partial charge is 0.598 e. The van der Waals surface area contributed by atoms with Crippen molar-refractivity contribution in [3.05, 3.63) is 63.6 Å². The zero-order chi connectivity index (χ0) is 21.8. The number of rotatable bonds is 7. The molecule has 1 heterocycles. The Morgan fingerprint density at radius 1 is 1.34 bits per heavy atom. The van der Waals surface area contributed by atoms with Crippen LogP contribution < -0.4 is 4.72 Å². The fourth-order valence-corrected chi connectivity index (χ4v) is 4.27. The lowest BCUT2D eigenvalue weighted by atomic mass is 9.83. The van der Waals surface area contributed by atoms with Gasteiger partial charge in [0.1, 0.15) is 16.1 Å². The van der Waals surface area contributed by atoms with Crippen molar-refractivity contribution in [2.24, 2.45) is 0 Å². The highest BCUT2D eigenvalue weighted by molar-refractivity contribution is 9.10. The van der Waals surface area contributed by atoms with Crippen molar-refractivity contribution in [1.29, 1.82) is 0 Å². The van der Waals surface area contributed by atoms with Crippen molar-refractivity contribution in [3.63, 3.8) is 0 Å². The molecular formula is C21H26BrFN2O3S. The van der Waals surface area contributed by atoms with Crippen LogP contribution in [-0.2, 0) is 26.4 Å². The maximum Gasteiger partial charge on any atom is 0.308 e. The van der Waals surface area contributed by atoms with Crippen LogP contribution in [0, 0.1) is 12.7 Å². The van der Waals surface area contributed by atoms with Gasteiger partial charge in [0.15, 0.2) is 0 Å². The Balaban J connectivity index is 2.77. The summed E-state index contributed by atoms with van der Waals surface area (Å²) in [6.45, 7) is 9.01. The molecule has 2 atom stereocenters. The number of ether oxygens (including phenoxy) is 1. The SMILES string of the molecule is CCOC(=O)C[C@](N[S@+]([O-])C(C)(C)C)(c1ccc(C)c(F)c1)c1ncccc1Br. The molecule has 0 aliphatic rings. The van der Waals surface area contributed by atoms with Crippen LogP contribution in [0.1, 0.15) is 50.9 Å². The van der Waals surface area contributed by atoms with Crippen LogP contribution in [-0.4, -0.2) is 26.9 Å². The predicted molar refractivity (Wildman–Crippen MR) is 116 cm³/mol. The van der Waals surface area contributed by atoms with E-state index in [1.165, 1.54) is 6.07 Å². The monoisotopic (exact) mass is 484 g/mol. The van der Waals surface area contributed by atoms with Crippen molar-refractivity contribution in [3.8, 4) is 0 Å². The number of halogens is 2. The first kappa shape index (κ1) is 23.8. The topological polar surface area (TPSA) is 74.3 Å². The van der Waals surface area contributed by atoms with Gasteiger partial charge in [0.05, 0.1) is 18.7 Å². The summed E-state index contributed by atoms with van der Waals surface area (Å²) in [7, 11) is 0. The first-order valence-electron chi connectivity index (χ1n) is 9.24. The molecule has 0 radical (unpaired) electrons. The molecule has 8 heteroatoms. The minimum absolute atomic E-state index is 0.197. The highest BCUT2D eigenvalue weighted by atomic mass is 79.9. The van der Waals surface area contributed by atoms with Crippen LogP contribution in [0.5, 0.6) is 0 Å². The Kier molecular flexibility index (Phi) is 7.84. The number of nitrogens with zero attached hydrogens (tertiary/aromatic N) is 1. The summed E-state index contributed by atoms with van der Waals surface area (Å²) in [5.74, 6) is -0.935. The first-order chi connectivity index (χ1) is 13.5. The van der Waals surface area contributed by atoms with Crippen molar-refractivity contribution < 1.29 is 18.5 Å². The van der Waals surface area contributed by atoms with Crippen molar-refractivity contribution in [2.45, 2.75) is 51.3 Å². The van der Waals surface area contributed by atoms with Gasteiger partial charge in [0.25, 0.3) is 0 Å². The minimum atomic E-state index is -1.59. The third-order valence-electron chi connectivity index (χ3n) is 4.37. The predicted octanol–water partition coefficient (Wildman–Crippen LogP) is 4.54. The quantitative estimate of drug-likeness (QED) is 0.461. The molecule has 1 N–H and O–H groups in total. The molecule has 0 fully saturated rings. The third kappa shape index (κ3) is 5.57. The lowest BCUT2D eigenvalue weighted by Crippen LogP contribution is -2.53. The van der Waals surface area contributed by atoms with E-state index in [2.05, 4.69) is 25.6 Å². The van der Waals surface area contributed by atoms with E-state index in [1.54, 1.807) is 44.3 Å². The van der Waals surface area contributed by atoms with Crippen molar-refractivity contribution in [1.82, 2.24) is 9.71 Å². The summed E-state index contributed by atoms with van der Waals surface area (Å²) in [4.78, 5) is 17.1. The Bertz CT molecular complexity index is 875. The molecule has 0 spiro atoms. The second-order valence-corrected chi connectivity index (χ2v) is 10.5. The Hall–Kier alpha value is -1.48. The van der Waals surface area contributed by atoms with Gasteiger partial charge in [0.2, 0.25) is 0 Å². The van der Waals surface area contributed by atoms with Crippen LogP contribution in [0.25, 0.3) is 0 Å². The van der Waals surface area contributed by atoms with E-state index in [-0.39, 0.29) is 13.0 Å². The lowest BCUT2D eigenvalue weighted by Gasteiger charge is -2.37. The average molecular weight is 485 g/mol.